The Hall–Kier alpha value is -3.08. The monoisotopic (exact) mass is 512 g/mol. The lowest BCUT2D eigenvalue weighted by Crippen LogP contribution is -2.42. The molecule has 0 fully saturated rings. The van der Waals surface area contributed by atoms with Crippen molar-refractivity contribution in [3.63, 3.8) is 0 Å². The van der Waals surface area contributed by atoms with Crippen molar-refractivity contribution < 1.29 is 31.1 Å². The van der Waals surface area contributed by atoms with Crippen LogP contribution in [-0.4, -0.2) is 31.5 Å². The molecule has 1 atom stereocenters. The standard InChI is InChI=1S/C23H20ClF3N2O4S/c24-18-9-11-20(12-10-18)34(31,32)29(21(22(28)30)17-6-2-1-3-7-17)14-13-16-5-4-8-19(15-16)33-23(25,26)27/h1-12,15,21H,13-14H2,(H2,28,30)/t21-/m1/s1. The molecule has 180 valence electrons. The number of carbonyl (C=O) groups excluding carboxylic acids is 1. The van der Waals surface area contributed by atoms with E-state index in [4.69, 9.17) is 17.3 Å². The molecule has 11 heteroatoms. The van der Waals surface area contributed by atoms with E-state index in [1.807, 2.05) is 0 Å². The third-order valence-corrected chi connectivity index (χ3v) is 6.98. The molecule has 0 aliphatic carbocycles. The molecule has 34 heavy (non-hydrogen) atoms. The van der Waals surface area contributed by atoms with Gasteiger partial charge in [-0.3, -0.25) is 4.79 Å². The predicted octanol–water partition coefficient (Wildman–Crippen LogP) is 4.70. The van der Waals surface area contributed by atoms with E-state index in [0.717, 1.165) is 16.4 Å². The number of nitrogens with zero attached hydrogens (tertiary/aromatic N) is 1. The van der Waals surface area contributed by atoms with Gasteiger partial charge in [0.15, 0.2) is 0 Å². The first-order valence-electron chi connectivity index (χ1n) is 9.94. The van der Waals surface area contributed by atoms with Gasteiger partial charge in [-0.2, -0.15) is 4.31 Å². The summed E-state index contributed by atoms with van der Waals surface area (Å²) in [6.45, 7) is -0.247. The highest BCUT2D eigenvalue weighted by atomic mass is 35.5. The molecule has 3 aromatic rings. The Balaban J connectivity index is 1.99. The minimum Gasteiger partial charge on any atom is -0.406 e. The smallest absolute Gasteiger partial charge is 0.406 e. The largest absolute Gasteiger partial charge is 0.573 e. The van der Waals surface area contributed by atoms with Crippen molar-refractivity contribution in [2.75, 3.05) is 6.54 Å². The summed E-state index contributed by atoms with van der Waals surface area (Å²) in [4.78, 5) is 12.3. The van der Waals surface area contributed by atoms with Crippen LogP contribution in [0.15, 0.2) is 83.8 Å². The van der Waals surface area contributed by atoms with Crippen molar-refractivity contribution in [3.05, 3.63) is 95.0 Å². The van der Waals surface area contributed by atoms with Gasteiger partial charge in [0.1, 0.15) is 11.8 Å². The quantitative estimate of drug-likeness (QED) is 0.450. The zero-order valence-corrected chi connectivity index (χ0v) is 19.1. The van der Waals surface area contributed by atoms with Crippen molar-refractivity contribution in [2.45, 2.75) is 23.7 Å². The molecule has 3 rings (SSSR count). The highest BCUT2D eigenvalue weighted by molar-refractivity contribution is 7.89. The normalized spacial score (nSPS) is 13.0. The Kier molecular flexibility index (Phi) is 7.86. The summed E-state index contributed by atoms with van der Waals surface area (Å²) >= 11 is 5.88. The molecule has 0 aliphatic rings. The van der Waals surface area contributed by atoms with Crippen LogP contribution in [0.4, 0.5) is 13.2 Å². The van der Waals surface area contributed by atoms with E-state index in [-0.39, 0.29) is 17.9 Å². The number of halogens is 4. The molecule has 0 spiro atoms. The van der Waals surface area contributed by atoms with E-state index in [0.29, 0.717) is 16.1 Å². The summed E-state index contributed by atoms with van der Waals surface area (Å²) in [5.41, 5.74) is 6.34. The summed E-state index contributed by atoms with van der Waals surface area (Å²) in [7, 11) is -4.26. The van der Waals surface area contributed by atoms with Crippen molar-refractivity contribution in [1.82, 2.24) is 4.31 Å². The zero-order valence-electron chi connectivity index (χ0n) is 17.6. The first kappa shape index (κ1) is 25.5. The van der Waals surface area contributed by atoms with Crippen LogP contribution in [0.1, 0.15) is 17.2 Å². The maximum atomic E-state index is 13.5. The van der Waals surface area contributed by atoms with Crippen molar-refractivity contribution in [3.8, 4) is 5.75 Å². The van der Waals surface area contributed by atoms with Crippen LogP contribution in [-0.2, 0) is 21.2 Å². The molecule has 0 bridgehead atoms. The number of hydrogen-bond acceptors (Lipinski definition) is 4. The fraction of sp³-hybridized carbons (Fsp3) is 0.174. The molecule has 3 aromatic carbocycles. The number of ether oxygens (including phenoxy) is 1. The Morgan fingerprint density at radius 2 is 1.65 bits per heavy atom. The number of nitrogens with two attached hydrogens (primary N) is 1. The SMILES string of the molecule is NC(=O)[C@@H](c1ccccc1)N(CCc1cccc(OC(F)(F)F)c1)S(=O)(=O)c1ccc(Cl)cc1. The van der Waals surface area contributed by atoms with E-state index in [1.165, 1.54) is 36.4 Å². The Bertz CT molecular complexity index is 1240. The fourth-order valence-corrected chi connectivity index (χ4v) is 5.09. The van der Waals surface area contributed by atoms with Gasteiger partial charge in [0.25, 0.3) is 0 Å². The Labute approximate surface area is 199 Å². The lowest BCUT2D eigenvalue weighted by Gasteiger charge is -2.29. The van der Waals surface area contributed by atoms with Crippen LogP contribution in [0, 0.1) is 0 Å². The van der Waals surface area contributed by atoms with Gasteiger partial charge in [0.2, 0.25) is 15.9 Å². The van der Waals surface area contributed by atoms with Crippen LogP contribution >= 0.6 is 11.6 Å². The van der Waals surface area contributed by atoms with Crippen LogP contribution in [0.25, 0.3) is 0 Å². The number of alkyl halides is 3. The highest BCUT2D eigenvalue weighted by Crippen LogP contribution is 2.30. The summed E-state index contributed by atoms with van der Waals surface area (Å²) < 4.78 is 69.7. The van der Waals surface area contributed by atoms with Gasteiger partial charge in [-0.1, -0.05) is 54.1 Å². The van der Waals surface area contributed by atoms with Gasteiger partial charge in [0, 0.05) is 11.6 Å². The first-order valence-corrected chi connectivity index (χ1v) is 11.8. The number of benzene rings is 3. The fourth-order valence-electron chi connectivity index (χ4n) is 3.38. The minimum atomic E-state index is -4.87. The average Bonchev–Trinajstić information content (AvgIpc) is 2.76. The number of hydrogen-bond donors (Lipinski definition) is 1. The van der Waals surface area contributed by atoms with Gasteiger partial charge < -0.3 is 10.5 Å². The Morgan fingerprint density at radius 3 is 2.24 bits per heavy atom. The van der Waals surface area contributed by atoms with Crippen LogP contribution in [0.5, 0.6) is 5.75 Å². The molecule has 6 nitrogen and oxygen atoms in total. The second-order valence-electron chi connectivity index (χ2n) is 7.23. The van der Waals surface area contributed by atoms with Gasteiger partial charge in [0.05, 0.1) is 4.90 Å². The van der Waals surface area contributed by atoms with E-state index in [1.54, 1.807) is 30.3 Å². The molecule has 0 saturated carbocycles. The van der Waals surface area contributed by atoms with E-state index in [2.05, 4.69) is 4.74 Å². The average molecular weight is 513 g/mol. The molecule has 0 radical (unpaired) electrons. The summed E-state index contributed by atoms with van der Waals surface area (Å²) in [5, 5.41) is 0.321. The maximum Gasteiger partial charge on any atom is 0.573 e. The molecule has 0 saturated heterocycles. The van der Waals surface area contributed by atoms with E-state index < -0.39 is 34.1 Å². The number of carbonyl (C=O) groups is 1. The number of primary amides is 1. The van der Waals surface area contributed by atoms with Crippen molar-refractivity contribution in [1.29, 1.82) is 0 Å². The van der Waals surface area contributed by atoms with Crippen LogP contribution in [0.2, 0.25) is 5.02 Å². The second kappa shape index (κ2) is 10.5. The molecule has 0 heterocycles. The molecule has 2 N–H and O–H groups in total. The molecule has 0 aromatic heterocycles. The Morgan fingerprint density at radius 1 is 1.00 bits per heavy atom. The van der Waals surface area contributed by atoms with Gasteiger partial charge in [-0.15, -0.1) is 13.2 Å². The summed E-state index contributed by atoms with van der Waals surface area (Å²) in [6, 6.07) is 17.3. The van der Waals surface area contributed by atoms with Crippen LogP contribution < -0.4 is 10.5 Å². The minimum absolute atomic E-state index is 0.0154. The maximum absolute atomic E-state index is 13.5. The van der Waals surface area contributed by atoms with Crippen LogP contribution in [0.3, 0.4) is 0 Å². The third-order valence-electron chi connectivity index (χ3n) is 4.85. The number of sulfonamides is 1. The lowest BCUT2D eigenvalue weighted by atomic mass is 10.1. The van der Waals surface area contributed by atoms with E-state index in [9.17, 15) is 26.4 Å². The van der Waals surface area contributed by atoms with Crippen molar-refractivity contribution >= 4 is 27.5 Å². The number of rotatable bonds is 9. The van der Waals surface area contributed by atoms with Gasteiger partial charge >= 0.3 is 6.36 Å². The predicted molar refractivity (Wildman–Crippen MR) is 121 cm³/mol. The molecule has 0 aliphatic heterocycles. The second-order valence-corrected chi connectivity index (χ2v) is 9.56. The molecule has 1 amide bonds. The topological polar surface area (TPSA) is 89.7 Å². The third kappa shape index (κ3) is 6.49. The summed E-state index contributed by atoms with van der Waals surface area (Å²) in [5.74, 6) is -1.34. The van der Waals surface area contributed by atoms with Crippen molar-refractivity contribution in [2.24, 2.45) is 5.73 Å². The first-order chi connectivity index (χ1) is 16.0. The highest BCUT2D eigenvalue weighted by Gasteiger charge is 2.36. The molecular weight excluding hydrogens is 493 g/mol. The molecule has 0 unspecified atom stereocenters. The lowest BCUT2D eigenvalue weighted by molar-refractivity contribution is -0.274. The van der Waals surface area contributed by atoms with Gasteiger partial charge in [-0.25, -0.2) is 8.42 Å². The number of amides is 1. The molecular formula is C23H20ClF3N2O4S. The zero-order chi connectivity index (χ0) is 24.9. The van der Waals surface area contributed by atoms with E-state index >= 15 is 0 Å². The summed E-state index contributed by atoms with van der Waals surface area (Å²) in [6.07, 6.45) is -4.88. The van der Waals surface area contributed by atoms with Gasteiger partial charge in [-0.05, 0) is 53.9 Å².